The normalized spacial score (nSPS) is 22.7. The van der Waals surface area contributed by atoms with Gasteiger partial charge < -0.3 is 4.90 Å². The Kier molecular flexibility index (Phi) is 5.12. The van der Waals surface area contributed by atoms with Crippen LogP contribution in [-0.4, -0.2) is 42.9 Å². The standard InChI is InChI=1S/C17H24ClNO3S/c1-12-5-7-14(8-6-12)23(21,22)11-15-13(9-18)10-19(16(15)20)17(2,3)4/h5-8,13,15H,9-11H2,1-4H3/t13-,15+/m0/s1. The molecule has 1 fully saturated rings. The highest BCUT2D eigenvalue weighted by Gasteiger charge is 2.45. The zero-order chi connectivity index (χ0) is 17.4. The second-order valence-electron chi connectivity index (χ2n) is 7.24. The average molecular weight is 358 g/mol. The Morgan fingerprint density at radius 3 is 2.26 bits per heavy atom. The molecule has 2 rings (SSSR count). The number of alkyl halides is 1. The monoisotopic (exact) mass is 357 g/mol. The Balaban J connectivity index is 2.27. The quantitative estimate of drug-likeness (QED) is 0.778. The second kappa shape index (κ2) is 6.44. The summed E-state index contributed by atoms with van der Waals surface area (Å²) in [6.45, 7) is 8.27. The third-order valence-corrected chi connectivity index (χ3v) is 6.54. The molecule has 6 heteroatoms. The summed E-state index contributed by atoms with van der Waals surface area (Å²) in [5.74, 6) is -0.717. The van der Waals surface area contributed by atoms with Gasteiger partial charge in [0, 0.05) is 23.9 Å². The van der Waals surface area contributed by atoms with Crippen molar-refractivity contribution in [2.24, 2.45) is 11.8 Å². The molecule has 0 radical (unpaired) electrons. The smallest absolute Gasteiger partial charge is 0.227 e. The van der Waals surface area contributed by atoms with Crippen LogP contribution in [0.25, 0.3) is 0 Å². The number of rotatable bonds is 4. The Hall–Kier alpha value is -1.07. The third kappa shape index (κ3) is 3.89. The first-order valence-corrected chi connectivity index (χ1v) is 9.92. The molecule has 1 saturated heterocycles. The summed E-state index contributed by atoms with van der Waals surface area (Å²) in [5.41, 5.74) is 0.669. The first-order chi connectivity index (χ1) is 10.6. The summed E-state index contributed by atoms with van der Waals surface area (Å²) >= 11 is 6.01. The number of aryl methyl sites for hydroxylation is 1. The van der Waals surface area contributed by atoms with E-state index in [1.54, 1.807) is 29.2 Å². The number of amides is 1. The highest BCUT2D eigenvalue weighted by atomic mass is 35.5. The van der Waals surface area contributed by atoms with E-state index in [0.29, 0.717) is 6.54 Å². The maximum absolute atomic E-state index is 12.7. The van der Waals surface area contributed by atoms with E-state index in [2.05, 4.69) is 0 Å². The molecular weight excluding hydrogens is 334 g/mol. The molecular formula is C17H24ClNO3S. The summed E-state index contributed by atoms with van der Waals surface area (Å²) in [4.78, 5) is 14.7. The minimum Gasteiger partial charge on any atom is -0.337 e. The molecule has 4 nitrogen and oxygen atoms in total. The van der Waals surface area contributed by atoms with Gasteiger partial charge in [-0.25, -0.2) is 8.42 Å². The van der Waals surface area contributed by atoms with Gasteiger partial charge >= 0.3 is 0 Å². The van der Waals surface area contributed by atoms with Crippen molar-refractivity contribution < 1.29 is 13.2 Å². The number of sulfone groups is 1. The summed E-state index contributed by atoms with van der Waals surface area (Å²) in [5, 5.41) is 0. The van der Waals surface area contributed by atoms with Crippen molar-refractivity contribution in [2.45, 2.75) is 38.1 Å². The van der Waals surface area contributed by atoms with Crippen LogP contribution in [0, 0.1) is 18.8 Å². The molecule has 1 aromatic rings. The Labute approximate surface area is 143 Å². The van der Waals surface area contributed by atoms with Crippen molar-refractivity contribution in [3.8, 4) is 0 Å². The van der Waals surface area contributed by atoms with Crippen molar-refractivity contribution in [3.63, 3.8) is 0 Å². The van der Waals surface area contributed by atoms with E-state index in [4.69, 9.17) is 11.6 Å². The first-order valence-electron chi connectivity index (χ1n) is 7.73. The molecule has 1 heterocycles. The molecule has 128 valence electrons. The highest BCUT2D eigenvalue weighted by molar-refractivity contribution is 7.91. The van der Waals surface area contributed by atoms with Crippen molar-refractivity contribution in [2.75, 3.05) is 18.2 Å². The average Bonchev–Trinajstić information content (AvgIpc) is 2.75. The van der Waals surface area contributed by atoms with Crippen molar-refractivity contribution in [1.29, 1.82) is 0 Å². The third-order valence-electron chi connectivity index (χ3n) is 4.36. The molecule has 0 saturated carbocycles. The lowest BCUT2D eigenvalue weighted by Crippen LogP contribution is -2.43. The van der Waals surface area contributed by atoms with Crippen LogP contribution in [0.1, 0.15) is 26.3 Å². The van der Waals surface area contributed by atoms with Crippen LogP contribution in [0.15, 0.2) is 29.2 Å². The van der Waals surface area contributed by atoms with Gasteiger partial charge in [-0.2, -0.15) is 0 Å². The van der Waals surface area contributed by atoms with Gasteiger partial charge in [0.15, 0.2) is 9.84 Å². The van der Waals surface area contributed by atoms with Crippen LogP contribution in [0.2, 0.25) is 0 Å². The lowest BCUT2D eigenvalue weighted by Gasteiger charge is -2.32. The Morgan fingerprint density at radius 2 is 1.78 bits per heavy atom. The molecule has 1 aliphatic heterocycles. The van der Waals surface area contributed by atoms with E-state index in [9.17, 15) is 13.2 Å². The van der Waals surface area contributed by atoms with E-state index in [1.807, 2.05) is 27.7 Å². The van der Waals surface area contributed by atoms with Gasteiger partial charge in [0.25, 0.3) is 0 Å². The fourth-order valence-corrected chi connectivity index (χ4v) is 4.84. The number of carbonyl (C=O) groups is 1. The molecule has 1 aliphatic rings. The molecule has 0 bridgehead atoms. The number of carbonyl (C=O) groups excluding carboxylic acids is 1. The summed E-state index contributed by atoms with van der Waals surface area (Å²) < 4.78 is 25.3. The van der Waals surface area contributed by atoms with Gasteiger partial charge in [-0.05, 0) is 39.8 Å². The van der Waals surface area contributed by atoms with Gasteiger partial charge in [-0.15, -0.1) is 11.6 Å². The topological polar surface area (TPSA) is 54.5 Å². The predicted octanol–water partition coefficient (Wildman–Crippen LogP) is 2.88. The van der Waals surface area contributed by atoms with E-state index in [0.717, 1.165) is 5.56 Å². The second-order valence-corrected chi connectivity index (χ2v) is 9.58. The summed E-state index contributed by atoms with van der Waals surface area (Å²) in [6.07, 6.45) is 0. The SMILES string of the molecule is Cc1ccc(S(=O)(=O)C[C@H]2C(=O)N(C(C)(C)C)C[C@@H]2CCl)cc1. The fourth-order valence-electron chi connectivity index (χ4n) is 2.90. The molecule has 0 aliphatic carbocycles. The largest absolute Gasteiger partial charge is 0.337 e. The lowest BCUT2D eigenvalue weighted by molar-refractivity contribution is -0.134. The molecule has 0 unspecified atom stereocenters. The molecule has 23 heavy (non-hydrogen) atoms. The molecule has 1 aromatic carbocycles. The number of hydrogen-bond donors (Lipinski definition) is 0. The predicted molar refractivity (Wildman–Crippen MR) is 92.4 cm³/mol. The minimum absolute atomic E-state index is 0.112. The number of hydrogen-bond acceptors (Lipinski definition) is 3. The molecule has 1 amide bonds. The molecule has 0 spiro atoms. The van der Waals surface area contributed by atoms with Gasteiger partial charge in [0.2, 0.25) is 5.91 Å². The highest BCUT2D eigenvalue weighted by Crippen LogP contribution is 2.33. The number of benzene rings is 1. The van der Waals surface area contributed by atoms with Crippen LogP contribution in [0.4, 0.5) is 0 Å². The summed E-state index contributed by atoms with van der Waals surface area (Å²) in [7, 11) is -3.51. The van der Waals surface area contributed by atoms with E-state index < -0.39 is 15.8 Å². The van der Waals surface area contributed by atoms with Crippen LogP contribution in [0.3, 0.4) is 0 Å². The first kappa shape index (κ1) is 18.3. The molecule has 0 N–H and O–H groups in total. The van der Waals surface area contributed by atoms with Crippen molar-refractivity contribution >= 4 is 27.3 Å². The van der Waals surface area contributed by atoms with E-state index in [1.165, 1.54) is 0 Å². The maximum Gasteiger partial charge on any atom is 0.227 e. The summed E-state index contributed by atoms with van der Waals surface area (Å²) in [6, 6.07) is 6.73. The van der Waals surface area contributed by atoms with Crippen LogP contribution < -0.4 is 0 Å². The number of halogens is 1. The maximum atomic E-state index is 12.7. The van der Waals surface area contributed by atoms with Gasteiger partial charge in [0.1, 0.15) is 0 Å². The number of likely N-dealkylation sites (tertiary alicyclic amines) is 1. The van der Waals surface area contributed by atoms with Gasteiger partial charge in [-0.3, -0.25) is 4.79 Å². The fraction of sp³-hybridized carbons (Fsp3) is 0.588. The van der Waals surface area contributed by atoms with Crippen molar-refractivity contribution in [1.82, 2.24) is 4.90 Å². The van der Waals surface area contributed by atoms with Crippen molar-refractivity contribution in [3.05, 3.63) is 29.8 Å². The van der Waals surface area contributed by atoms with Crippen LogP contribution >= 0.6 is 11.6 Å². The van der Waals surface area contributed by atoms with Gasteiger partial charge in [-0.1, -0.05) is 17.7 Å². The zero-order valence-electron chi connectivity index (χ0n) is 14.0. The minimum atomic E-state index is -3.51. The van der Waals surface area contributed by atoms with Gasteiger partial charge in [0.05, 0.1) is 16.6 Å². The Morgan fingerprint density at radius 1 is 1.22 bits per heavy atom. The van der Waals surface area contributed by atoms with Crippen LogP contribution in [-0.2, 0) is 14.6 Å². The molecule has 2 atom stereocenters. The lowest BCUT2D eigenvalue weighted by atomic mass is 10.00. The van der Waals surface area contributed by atoms with E-state index >= 15 is 0 Å². The molecule has 0 aromatic heterocycles. The Bertz CT molecular complexity index is 677. The van der Waals surface area contributed by atoms with Crippen LogP contribution in [0.5, 0.6) is 0 Å². The number of nitrogens with zero attached hydrogens (tertiary/aromatic N) is 1. The van der Waals surface area contributed by atoms with E-state index in [-0.39, 0.29) is 33.9 Å². The zero-order valence-corrected chi connectivity index (χ0v) is 15.6.